The minimum absolute atomic E-state index is 0.0284. The summed E-state index contributed by atoms with van der Waals surface area (Å²) in [6.07, 6.45) is 4.92. The molecule has 1 radical (unpaired) electrons. The summed E-state index contributed by atoms with van der Waals surface area (Å²) < 4.78 is 7.96. The summed E-state index contributed by atoms with van der Waals surface area (Å²) in [5.74, 6) is 0.801. The van der Waals surface area contributed by atoms with Gasteiger partial charge in [0.15, 0.2) is 0 Å². The van der Waals surface area contributed by atoms with Crippen molar-refractivity contribution in [3.8, 4) is 17.4 Å². The van der Waals surface area contributed by atoms with Gasteiger partial charge in [0.25, 0.3) is 0 Å². The lowest BCUT2D eigenvalue weighted by Crippen LogP contribution is -2.60. The van der Waals surface area contributed by atoms with E-state index in [0.717, 1.165) is 22.8 Å². The third-order valence-electron chi connectivity index (χ3n) is 7.88. The zero-order valence-electron chi connectivity index (χ0n) is 26.0. The van der Waals surface area contributed by atoms with Crippen LogP contribution >= 0.6 is 0 Å². The molecular formula is C34H38N9O2. The Morgan fingerprint density at radius 3 is 2.09 bits per heavy atom. The van der Waals surface area contributed by atoms with Gasteiger partial charge in [0.1, 0.15) is 12.3 Å². The molecule has 1 fully saturated rings. The predicted molar refractivity (Wildman–Crippen MR) is 173 cm³/mol. The van der Waals surface area contributed by atoms with Crippen LogP contribution in [-0.4, -0.2) is 58.5 Å². The van der Waals surface area contributed by atoms with Gasteiger partial charge in [-0.2, -0.15) is 20.1 Å². The number of piperidine rings is 1. The molecule has 3 aromatic heterocycles. The van der Waals surface area contributed by atoms with E-state index >= 15 is 0 Å². The maximum Gasteiger partial charge on any atom is 0.323 e. The molecule has 1 N–H and O–H groups in total. The van der Waals surface area contributed by atoms with Crippen molar-refractivity contribution in [3.63, 3.8) is 0 Å². The number of hydrogen-bond acceptors (Lipinski definition) is 9. The van der Waals surface area contributed by atoms with Crippen LogP contribution in [0.1, 0.15) is 40.5 Å². The lowest BCUT2D eigenvalue weighted by Gasteiger charge is -2.49. The molecule has 11 nitrogen and oxygen atoms in total. The highest BCUT2D eigenvalue weighted by Gasteiger charge is 2.46. The third kappa shape index (κ3) is 6.95. The van der Waals surface area contributed by atoms with E-state index in [2.05, 4.69) is 20.4 Å². The molecule has 231 valence electrons. The van der Waals surface area contributed by atoms with E-state index in [4.69, 9.17) is 14.7 Å². The average molecular weight is 605 g/mol. The first kappa shape index (κ1) is 30.2. The summed E-state index contributed by atoms with van der Waals surface area (Å²) in [5, 5.41) is 22.4. The Kier molecular flexibility index (Phi) is 8.46. The molecule has 45 heavy (non-hydrogen) atoms. The average Bonchev–Trinajstić information content (AvgIpc) is 3.50. The first-order valence-corrected chi connectivity index (χ1v) is 15.2. The zero-order chi connectivity index (χ0) is 31.4. The Balaban J connectivity index is 1.29. The van der Waals surface area contributed by atoms with E-state index in [-0.39, 0.29) is 18.7 Å². The maximum absolute atomic E-state index is 13.0. The number of aromatic nitrogens is 6. The second-order valence-electron chi connectivity index (χ2n) is 12.4. The van der Waals surface area contributed by atoms with Gasteiger partial charge in [0.05, 0.1) is 12.2 Å². The quantitative estimate of drug-likeness (QED) is 0.192. The van der Waals surface area contributed by atoms with Gasteiger partial charge in [0, 0.05) is 40.9 Å². The number of pyridine rings is 1. The van der Waals surface area contributed by atoms with Crippen molar-refractivity contribution in [1.29, 1.82) is 0 Å². The Morgan fingerprint density at radius 2 is 1.47 bits per heavy atom. The summed E-state index contributed by atoms with van der Waals surface area (Å²) in [5.41, 5.74) is 2.30. The van der Waals surface area contributed by atoms with Gasteiger partial charge in [-0.25, -0.2) is 0 Å². The number of nitrogens with zero attached hydrogens (tertiary/aromatic N) is 8. The smallest absolute Gasteiger partial charge is 0.323 e. The number of rotatable bonds is 10. The number of hydrogen-bond donors (Lipinski definition) is 1. The molecule has 4 heterocycles. The van der Waals surface area contributed by atoms with Crippen LogP contribution in [0.3, 0.4) is 0 Å². The molecule has 0 spiro atoms. The Morgan fingerprint density at radius 1 is 0.822 bits per heavy atom. The van der Waals surface area contributed by atoms with Crippen LogP contribution < -0.4 is 15.0 Å². The minimum atomic E-state index is -0.549. The van der Waals surface area contributed by atoms with Gasteiger partial charge in [-0.1, -0.05) is 42.5 Å². The standard InChI is InChI=1S/C34H38N9O2/c1-33(2)23-25(24-34(3,4)43(33)44)36-30-37-31(42(26-13-7-5-8-14-26)27-15-9-6-10-16-27)39-32(38-30)45-22-21-41-20-18-29(40-41)28-17-11-12-19-35-28/h5-20,25H,21-24H2,1-4H3,(H,36,37,38,39). The number of nitrogens with one attached hydrogen (secondary N) is 1. The summed E-state index contributed by atoms with van der Waals surface area (Å²) in [4.78, 5) is 20.7. The highest BCUT2D eigenvalue weighted by atomic mass is 16.5. The minimum Gasteiger partial charge on any atom is -0.461 e. The first-order valence-electron chi connectivity index (χ1n) is 15.2. The number of para-hydroxylation sites is 2. The van der Waals surface area contributed by atoms with E-state index in [1.807, 2.05) is 128 Å². The van der Waals surface area contributed by atoms with Gasteiger partial charge < -0.3 is 10.1 Å². The van der Waals surface area contributed by atoms with Gasteiger partial charge in [-0.05, 0) is 83.0 Å². The van der Waals surface area contributed by atoms with Crippen molar-refractivity contribution in [1.82, 2.24) is 34.8 Å². The third-order valence-corrected chi connectivity index (χ3v) is 7.88. The van der Waals surface area contributed by atoms with E-state index in [1.165, 1.54) is 5.06 Å². The Labute approximate surface area is 263 Å². The number of hydroxylamine groups is 2. The predicted octanol–water partition coefficient (Wildman–Crippen LogP) is 6.46. The second-order valence-corrected chi connectivity index (χ2v) is 12.4. The van der Waals surface area contributed by atoms with Crippen LogP contribution in [-0.2, 0) is 11.8 Å². The van der Waals surface area contributed by atoms with Gasteiger partial charge in [-0.3, -0.25) is 14.6 Å². The molecule has 0 amide bonds. The normalized spacial score (nSPS) is 16.3. The van der Waals surface area contributed by atoms with E-state index in [0.29, 0.717) is 31.3 Å². The molecule has 11 heteroatoms. The topological polar surface area (TPSA) is 117 Å². The summed E-state index contributed by atoms with van der Waals surface area (Å²) >= 11 is 0. The van der Waals surface area contributed by atoms with Crippen LogP contribution in [0.5, 0.6) is 6.01 Å². The van der Waals surface area contributed by atoms with Crippen molar-refractivity contribution >= 4 is 23.3 Å². The fourth-order valence-electron chi connectivity index (χ4n) is 6.02. The Hall–Kier alpha value is -4.87. The van der Waals surface area contributed by atoms with Crippen LogP contribution in [0.2, 0.25) is 0 Å². The number of benzene rings is 2. The molecule has 1 aliphatic heterocycles. The van der Waals surface area contributed by atoms with E-state index in [1.54, 1.807) is 6.20 Å². The van der Waals surface area contributed by atoms with Crippen molar-refractivity contribution in [2.75, 3.05) is 16.8 Å². The van der Waals surface area contributed by atoms with Gasteiger partial charge in [0.2, 0.25) is 11.9 Å². The second kappa shape index (κ2) is 12.6. The molecular weight excluding hydrogens is 566 g/mol. The molecule has 0 aliphatic carbocycles. The van der Waals surface area contributed by atoms with Crippen LogP contribution in [0.15, 0.2) is 97.3 Å². The van der Waals surface area contributed by atoms with E-state index in [9.17, 15) is 5.21 Å². The summed E-state index contributed by atoms with van der Waals surface area (Å²) in [6.45, 7) is 8.68. The fraction of sp³-hybridized carbons (Fsp3) is 0.324. The largest absolute Gasteiger partial charge is 0.461 e. The van der Waals surface area contributed by atoms with Crippen molar-refractivity contribution in [2.45, 2.75) is 64.2 Å². The fourth-order valence-corrected chi connectivity index (χ4v) is 6.02. The SMILES string of the molecule is CC1(C)CC(Nc2nc(OCCn3ccc(-c4ccccn4)n3)nc(N(c3ccccc3)c3ccccc3)n2)CC(C)(C)N1[O]. The van der Waals surface area contributed by atoms with Crippen molar-refractivity contribution < 1.29 is 9.94 Å². The van der Waals surface area contributed by atoms with Crippen molar-refractivity contribution in [2.24, 2.45) is 0 Å². The molecule has 0 atom stereocenters. The molecule has 0 bridgehead atoms. The molecule has 0 saturated carbocycles. The Bertz CT molecular complexity index is 1640. The van der Waals surface area contributed by atoms with Gasteiger partial charge >= 0.3 is 6.01 Å². The molecule has 0 unspecified atom stereocenters. The number of anilines is 4. The molecule has 6 rings (SSSR count). The van der Waals surface area contributed by atoms with Gasteiger partial charge in [-0.15, -0.1) is 10.3 Å². The molecule has 1 saturated heterocycles. The van der Waals surface area contributed by atoms with Crippen LogP contribution in [0, 0.1) is 0 Å². The first-order chi connectivity index (χ1) is 21.7. The maximum atomic E-state index is 13.0. The lowest BCUT2D eigenvalue weighted by atomic mass is 9.79. The monoisotopic (exact) mass is 604 g/mol. The van der Waals surface area contributed by atoms with Crippen LogP contribution in [0.25, 0.3) is 11.4 Å². The zero-order valence-corrected chi connectivity index (χ0v) is 26.0. The number of ether oxygens (including phenoxy) is 1. The highest BCUT2D eigenvalue weighted by Crippen LogP contribution is 2.38. The van der Waals surface area contributed by atoms with Crippen molar-refractivity contribution in [3.05, 3.63) is 97.3 Å². The lowest BCUT2D eigenvalue weighted by molar-refractivity contribution is -0.288. The highest BCUT2D eigenvalue weighted by molar-refractivity contribution is 5.72. The van der Waals surface area contributed by atoms with E-state index < -0.39 is 11.1 Å². The van der Waals surface area contributed by atoms with Crippen LogP contribution in [0.4, 0.5) is 23.3 Å². The molecule has 2 aromatic carbocycles. The summed E-state index contributed by atoms with van der Waals surface area (Å²) in [7, 11) is 0. The summed E-state index contributed by atoms with van der Waals surface area (Å²) in [6, 6.07) is 27.7. The molecule has 1 aliphatic rings. The molecule has 5 aromatic rings.